The van der Waals surface area contributed by atoms with Crippen molar-refractivity contribution in [1.82, 2.24) is 4.90 Å². The smallest absolute Gasteiger partial charge is 0.229 e. The van der Waals surface area contributed by atoms with Crippen molar-refractivity contribution in [2.24, 2.45) is 10.8 Å². The monoisotopic (exact) mass is 194 g/mol. The summed E-state index contributed by atoms with van der Waals surface area (Å²) in [4.78, 5) is 13.7. The van der Waals surface area contributed by atoms with E-state index in [4.69, 9.17) is 5.26 Å². The summed E-state index contributed by atoms with van der Waals surface area (Å²) in [6.07, 6.45) is 0.834. The molecule has 1 aliphatic heterocycles. The average molecular weight is 194 g/mol. The van der Waals surface area contributed by atoms with Crippen LogP contribution < -0.4 is 0 Å². The molecule has 1 fully saturated rings. The Morgan fingerprint density at radius 3 is 2.43 bits per heavy atom. The van der Waals surface area contributed by atoms with E-state index in [-0.39, 0.29) is 23.3 Å². The predicted octanol–water partition coefficient (Wildman–Crippen LogP) is 1.79. The fourth-order valence-electron chi connectivity index (χ4n) is 2.20. The number of hydrogen-bond donors (Lipinski definition) is 0. The largest absolute Gasteiger partial charge is 0.328 e. The van der Waals surface area contributed by atoms with Crippen molar-refractivity contribution >= 4 is 5.91 Å². The Bertz CT molecular complexity index is 290. The summed E-state index contributed by atoms with van der Waals surface area (Å²) in [6.45, 7) is 9.17. The van der Waals surface area contributed by atoms with Crippen LogP contribution in [-0.4, -0.2) is 23.9 Å². The van der Waals surface area contributed by atoms with Crippen molar-refractivity contribution in [3.63, 3.8) is 0 Å². The highest BCUT2D eigenvalue weighted by atomic mass is 16.2. The van der Waals surface area contributed by atoms with E-state index < -0.39 is 0 Å². The Hall–Kier alpha value is -1.04. The Balaban J connectivity index is 2.99. The number of nitriles is 1. The molecule has 0 bridgehead atoms. The molecule has 1 saturated heterocycles. The van der Waals surface area contributed by atoms with Crippen molar-refractivity contribution in [2.75, 3.05) is 13.1 Å². The van der Waals surface area contributed by atoms with Crippen LogP contribution >= 0.6 is 0 Å². The van der Waals surface area contributed by atoms with E-state index >= 15 is 0 Å². The van der Waals surface area contributed by atoms with Gasteiger partial charge in [-0.3, -0.25) is 4.79 Å². The van der Waals surface area contributed by atoms with Gasteiger partial charge in [0.25, 0.3) is 0 Å². The van der Waals surface area contributed by atoms with Crippen LogP contribution in [0.15, 0.2) is 0 Å². The lowest BCUT2D eigenvalue weighted by atomic mass is 9.67. The summed E-state index contributed by atoms with van der Waals surface area (Å²) in [7, 11) is 0. The Morgan fingerprint density at radius 2 is 2.07 bits per heavy atom. The van der Waals surface area contributed by atoms with E-state index in [1.54, 1.807) is 4.90 Å². The highest BCUT2D eigenvalue weighted by molar-refractivity contribution is 5.86. The molecule has 1 unspecified atom stereocenters. The quantitative estimate of drug-likeness (QED) is 0.629. The fraction of sp³-hybridized carbons (Fsp3) is 0.818. The van der Waals surface area contributed by atoms with Crippen LogP contribution in [0.4, 0.5) is 0 Å². The van der Waals surface area contributed by atoms with Gasteiger partial charge in [-0.15, -0.1) is 0 Å². The molecular weight excluding hydrogens is 176 g/mol. The Kier molecular flexibility index (Phi) is 2.58. The van der Waals surface area contributed by atoms with Crippen molar-refractivity contribution in [3.8, 4) is 6.07 Å². The standard InChI is InChI=1S/C11H18N2O/c1-5-11(4)9(14)13(7-6-12)8-10(11,2)3/h5,7-8H2,1-4H3. The van der Waals surface area contributed by atoms with Crippen LogP contribution in [0.1, 0.15) is 34.1 Å². The number of carbonyl (C=O) groups is 1. The second-order valence-corrected chi connectivity index (χ2v) is 4.89. The number of nitrogens with zero attached hydrogens (tertiary/aromatic N) is 2. The lowest BCUT2D eigenvalue weighted by molar-refractivity contribution is -0.136. The van der Waals surface area contributed by atoms with Crippen LogP contribution in [0.5, 0.6) is 0 Å². The first-order valence-electron chi connectivity index (χ1n) is 5.05. The molecule has 78 valence electrons. The lowest BCUT2D eigenvalue weighted by Crippen LogP contribution is -2.36. The van der Waals surface area contributed by atoms with Crippen molar-refractivity contribution in [3.05, 3.63) is 0 Å². The van der Waals surface area contributed by atoms with Gasteiger partial charge in [0, 0.05) is 6.54 Å². The fourth-order valence-corrected chi connectivity index (χ4v) is 2.20. The third kappa shape index (κ3) is 1.30. The van der Waals surface area contributed by atoms with Gasteiger partial charge < -0.3 is 4.90 Å². The zero-order chi connectivity index (χ0) is 11.0. The normalized spacial score (nSPS) is 30.5. The third-order valence-corrected chi connectivity index (χ3v) is 3.81. The SMILES string of the molecule is CCC1(C)C(=O)N(CC#N)CC1(C)C. The van der Waals surface area contributed by atoms with Crippen molar-refractivity contribution < 1.29 is 4.79 Å². The molecule has 0 aromatic carbocycles. The minimum atomic E-state index is -0.302. The summed E-state index contributed by atoms with van der Waals surface area (Å²) in [5.74, 6) is 0.131. The lowest BCUT2D eigenvalue weighted by Gasteiger charge is -2.33. The maximum Gasteiger partial charge on any atom is 0.229 e. The number of hydrogen-bond acceptors (Lipinski definition) is 2. The summed E-state index contributed by atoms with van der Waals surface area (Å²) < 4.78 is 0. The topological polar surface area (TPSA) is 44.1 Å². The first-order chi connectivity index (χ1) is 6.39. The second-order valence-electron chi connectivity index (χ2n) is 4.89. The van der Waals surface area contributed by atoms with Gasteiger partial charge in [-0.2, -0.15) is 5.26 Å². The molecule has 0 aromatic heterocycles. The minimum Gasteiger partial charge on any atom is -0.328 e. The van der Waals surface area contributed by atoms with E-state index in [0.717, 1.165) is 6.42 Å². The minimum absolute atomic E-state index is 0.0321. The molecule has 3 heteroatoms. The maximum absolute atomic E-state index is 12.0. The van der Waals surface area contributed by atoms with Gasteiger partial charge >= 0.3 is 0 Å². The van der Waals surface area contributed by atoms with Gasteiger partial charge in [-0.25, -0.2) is 0 Å². The van der Waals surface area contributed by atoms with Gasteiger partial charge in [0.05, 0.1) is 11.5 Å². The summed E-state index contributed by atoms with van der Waals surface area (Å²) in [5.41, 5.74) is -0.334. The number of rotatable bonds is 2. The van der Waals surface area contributed by atoms with Gasteiger partial charge in [-0.05, 0) is 11.8 Å². The summed E-state index contributed by atoms with van der Waals surface area (Å²) in [5, 5.41) is 8.61. The predicted molar refractivity (Wildman–Crippen MR) is 54.4 cm³/mol. The molecule has 0 radical (unpaired) electrons. The van der Waals surface area contributed by atoms with E-state index in [0.29, 0.717) is 6.54 Å². The van der Waals surface area contributed by atoms with Gasteiger partial charge in [0.15, 0.2) is 0 Å². The van der Waals surface area contributed by atoms with Gasteiger partial charge in [-0.1, -0.05) is 27.7 Å². The average Bonchev–Trinajstić information content (AvgIpc) is 2.28. The summed E-state index contributed by atoms with van der Waals surface area (Å²) >= 11 is 0. The molecule has 0 aromatic rings. The molecule has 14 heavy (non-hydrogen) atoms. The molecule has 1 amide bonds. The highest BCUT2D eigenvalue weighted by Gasteiger charge is 2.54. The number of likely N-dealkylation sites (tertiary alicyclic amines) is 1. The van der Waals surface area contributed by atoms with E-state index in [1.165, 1.54) is 0 Å². The molecule has 1 atom stereocenters. The Labute approximate surface area is 85.7 Å². The van der Waals surface area contributed by atoms with Crippen molar-refractivity contribution in [2.45, 2.75) is 34.1 Å². The van der Waals surface area contributed by atoms with Crippen LogP contribution in [0, 0.1) is 22.2 Å². The van der Waals surface area contributed by atoms with E-state index in [1.807, 2.05) is 19.9 Å². The zero-order valence-corrected chi connectivity index (χ0v) is 9.42. The number of carbonyl (C=O) groups excluding carboxylic acids is 1. The first kappa shape index (κ1) is 11.0. The van der Waals surface area contributed by atoms with Crippen LogP contribution in [0.25, 0.3) is 0 Å². The summed E-state index contributed by atoms with van der Waals surface area (Å²) in [6, 6.07) is 2.04. The molecule has 0 N–H and O–H groups in total. The van der Waals surface area contributed by atoms with Crippen molar-refractivity contribution in [1.29, 1.82) is 5.26 Å². The van der Waals surface area contributed by atoms with E-state index in [2.05, 4.69) is 13.8 Å². The molecule has 3 nitrogen and oxygen atoms in total. The van der Waals surface area contributed by atoms with Crippen LogP contribution in [-0.2, 0) is 4.79 Å². The van der Waals surface area contributed by atoms with Crippen LogP contribution in [0.2, 0.25) is 0 Å². The highest BCUT2D eigenvalue weighted by Crippen LogP contribution is 2.48. The number of amides is 1. The Morgan fingerprint density at radius 1 is 1.50 bits per heavy atom. The van der Waals surface area contributed by atoms with E-state index in [9.17, 15) is 4.79 Å². The zero-order valence-electron chi connectivity index (χ0n) is 9.42. The first-order valence-corrected chi connectivity index (χ1v) is 5.05. The molecule has 0 aliphatic carbocycles. The second kappa shape index (κ2) is 3.27. The molecule has 1 rings (SSSR count). The molecule has 1 aliphatic rings. The van der Waals surface area contributed by atoms with Gasteiger partial charge in [0.2, 0.25) is 5.91 Å². The molecule has 0 saturated carbocycles. The van der Waals surface area contributed by atoms with Gasteiger partial charge in [0.1, 0.15) is 6.54 Å². The molecule has 1 heterocycles. The third-order valence-electron chi connectivity index (χ3n) is 3.81. The van der Waals surface area contributed by atoms with Crippen LogP contribution in [0.3, 0.4) is 0 Å². The maximum atomic E-state index is 12.0. The molecule has 0 spiro atoms. The molecular formula is C11H18N2O.